The summed E-state index contributed by atoms with van der Waals surface area (Å²) in [5.41, 5.74) is 3.12. The smallest absolute Gasteiger partial charge is 0.260 e. The van der Waals surface area contributed by atoms with Crippen LogP contribution >= 0.6 is 0 Å². The van der Waals surface area contributed by atoms with Crippen LogP contribution in [0, 0.1) is 6.92 Å². The van der Waals surface area contributed by atoms with Crippen molar-refractivity contribution in [3.63, 3.8) is 0 Å². The Morgan fingerprint density at radius 3 is 2.89 bits per heavy atom. The number of carbonyl (C=O) groups is 1. The van der Waals surface area contributed by atoms with Crippen LogP contribution in [0.2, 0.25) is 0 Å². The van der Waals surface area contributed by atoms with Crippen LogP contribution in [0.5, 0.6) is 5.88 Å². The van der Waals surface area contributed by atoms with E-state index in [0.717, 1.165) is 13.1 Å². The summed E-state index contributed by atoms with van der Waals surface area (Å²) >= 11 is 0. The molecule has 1 aliphatic heterocycles. The van der Waals surface area contributed by atoms with Gasteiger partial charge in [0.2, 0.25) is 5.88 Å². The Kier molecular flexibility index (Phi) is 4.62. The summed E-state index contributed by atoms with van der Waals surface area (Å²) in [6.45, 7) is 6.45. The highest BCUT2D eigenvalue weighted by Crippen LogP contribution is 2.23. The average molecular weight is 366 g/mol. The lowest BCUT2D eigenvalue weighted by Crippen LogP contribution is -2.55. The molecule has 0 aliphatic carbocycles. The minimum absolute atomic E-state index is 0.0300. The normalized spacial score (nSPS) is 17.3. The highest BCUT2D eigenvalue weighted by Gasteiger charge is 2.28. The molecule has 27 heavy (non-hydrogen) atoms. The van der Waals surface area contributed by atoms with Gasteiger partial charge in [0.25, 0.3) is 5.91 Å². The van der Waals surface area contributed by atoms with Crippen molar-refractivity contribution >= 4 is 17.2 Å². The van der Waals surface area contributed by atoms with Gasteiger partial charge in [-0.2, -0.15) is 4.52 Å². The third kappa shape index (κ3) is 3.55. The first-order chi connectivity index (χ1) is 13.1. The lowest BCUT2D eigenvalue weighted by molar-refractivity contribution is -0.135. The van der Waals surface area contributed by atoms with E-state index >= 15 is 0 Å². The second-order valence-electron chi connectivity index (χ2n) is 6.76. The zero-order chi connectivity index (χ0) is 18.8. The van der Waals surface area contributed by atoms with Gasteiger partial charge in [-0.1, -0.05) is 18.2 Å². The first kappa shape index (κ1) is 17.3. The van der Waals surface area contributed by atoms with Gasteiger partial charge in [0, 0.05) is 37.4 Å². The Bertz CT molecular complexity index is 956. The molecule has 0 bridgehead atoms. The molecule has 2 aromatic heterocycles. The average Bonchev–Trinajstić information content (AvgIpc) is 3.14. The number of hydrogen-bond donors (Lipinski definition) is 0. The van der Waals surface area contributed by atoms with Crippen molar-refractivity contribution in [2.24, 2.45) is 0 Å². The number of rotatable bonds is 4. The highest BCUT2D eigenvalue weighted by atomic mass is 16.5. The van der Waals surface area contributed by atoms with E-state index in [9.17, 15) is 4.79 Å². The monoisotopic (exact) mass is 366 g/mol. The number of aromatic nitrogens is 4. The second kappa shape index (κ2) is 7.22. The summed E-state index contributed by atoms with van der Waals surface area (Å²) in [7, 11) is 0. The summed E-state index contributed by atoms with van der Waals surface area (Å²) in [5.74, 6) is 0.347. The number of carbonyl (C=O) groups excluding carboxylic acids is 1. The Balaban J connectivity index is 1.36. The summed E-state index contributed by atoms with van der Waals surface area (Å²) in [4.78, 5) is 16.8. The van der Waals surface area contributed by atoms with Gasteiger partial charge in [0.1, 0.15) is 6.33 Å². The fourth-order valence-corrected chi connectivity index (χ4v) is 3.47. The molecule has 8 nitrogen and oxygen atoms in total. The van der Waals surface area contributed by atoms with Crippen LogP contribution in [-0.2, 0) is 4.79 Å². The standard InChI is InChI=1S/C19H22N6O2/c1-14-5-3-4-6-16(14)23-9-10-24(15(2)11-23)19(26)12-27-18-8-7-17-21-20-13-25(17)22-18/h3-8,13,15H,9-12H2,1-2H3/t15-/m0/s1. The predicted molar refractivity (Wildman–Crippen MR) is 101 cm³/mol. The topological polar surface area (TPSA) is 75.9 Å². The van der Waals surface area contributed by atoms with E-state index in [0.29, 0.717) is 18.1 Å². The number of benzene rings is 1. The van der Waals surface area contributed by atoms with Gasteiger partial charge in [-0.05, 0) is 31.5 Å². The fourth-order valence-electron chi connectivity index (χ4n) is 3.47. The number of nitrogens with zero attached hydrogens (tertiary/aromatic N) is 6. The number of amides is 1. The molecule has 0 unspecified atom stereocenters. The van der Waals surface area contributed by atoms with Crippen molar-refractivity contribution in [2.45, 2.75) is 19.9 Å². The molecule has 8 heteroatoms. The first-order valence-corrected chi connectivity index (χ1v) is 9.02. The fraction of sp³-hybridized carbons (Fsp3) is 0.368. The maximum Gasteiger partial charge on any atom is 0.260 e. The molecule has 3 heterocycles. The minimum Gasteiger partial charge on any atom is -0.467 e. The SMILES string of the molecule is Cc1ccccc1N1CCN(C(=O)COc2ccc3nncn3n2)[C@@H](C)C1. The molecule has 0 spiro atoms. The van der Waals surface area contributed by atoms with Crippen LogP contribution in [0.1, 0.15) is 12.5 Å². The van der Waals surface area contributed by atoms with Crippen molar-refractivity contribution in [3.8, 4) is 5.88 Å². The molecule has 1 fully saturated rings. The maximum absolute atomic E-state index is 12.6. The molecule has 1 aromatic carbocycles. The van der Waals surface area contributed by atoms with Gasteiger partial charge >= 0.3 is 0 Å². The van der Waals surface area contributed by atoms with Gasteiger partial charge in [0.05, 0.1) is 0 Å². The van der Waals surface area contributed by atoms with Crippen LogP contribution in [0.25, 0.3) is 5.65 Å². The molecule has 0 saturated carbocycles. The first-order valence-electron chi connectivity index (χ1n) is 9.02. The number of hydrogen-bond acceptors (Lipinski definition) is 6. The number of ether oxygens (including phenoxy) is 1. The van der Waals surface area contributed by atoms with E-state index in [1.807, 2.05) is 11.0 Å². The summed E-state index contributed by atoms with van der Waals surface area (Å²) in [6, 6.07) is 11.9. The van der Waals surface area contributed by atoms with Gasteiger partial charge in [-0.25, -0.2) is 0 Å². The lowest BCUT2D eigenvalue weighted by atomic mass is 10.1. The van der Waals surface area contributed by atoms with Crippen molar-refractivity contribution in [1.82, 2.24) is 24.7 Å². The second-order valence-corrected chi connectivity index (χ2v) is 6.76. The van der Waals surface area contributed by atoms with Crippen LogP contribution in [0.4, 0.5) is 5.69 Å². The van der Waals surface area contributed by atoms with Crippen molar-refractivity contribution in [1.29, 1.82) is 0 Å². The lowest BCUT2D eigenvalue weighted by Gasteiger charge is -2.41. The molecule has 1 atom stereocenters. The quantitative estimate of drug-likeness (QED) is 0.697. The van der Waals surface area contributed by atoms with Gasteiger partial charge in [0.15, 0.2) is 12.3 Å². The van der Waals surface area contributed by atoms with Gasteiger partial charge < -0.3 is 14.5 Å². The Morgan fingerprint density at radius 2 is 2.07 bits per heavy atom. The van der Waals surface area contributed by atoms with Crippen LogP contribution in [-0.4, -0.2) is 62.9 Å². The van der Waals surface area contributed by atoms with E-state index in [-0.39, 0.29) is 18.6 Å². The highest BCUT2D eigenvalue weighted by molar-refractivity contribution is 5.78. The number of aryl methyl sites for hydroxylation is 1. The van der Waals surface area contributed by atoms with Crippen molar-refractivity contribution in [3.05, 3.63) is 48.3 Å². The van der Waals surface area contributed by atoms with Crippen LogP contribution in [0.15, 0.2) is 42.7 Å². The molecular weight excluding hydrogens is 344 g/mol. The van der Waals surface area contributed by atoms with Crippen LogP contribution < -0.4 is 9.64 Å². The van der Waals surface area contributed by atoms with Gasteiger partial charge in [-0.15, -0.1) is 15.3 Å². The molecule has 4 rings (SSSR count). The molecule has 1 amide bonds. The van der Waals surface area contributed by atoms with E-state index in [2.05, 4.69) is 52.2 Å². The van der Waals surface area contributed by atoms with Crippen LogP contribution in [0.3, 0.4) is 0 Å². The zero-order valence-electron chi connectivity index (χ0n) is 15.4. The number of fused-ring (bicyclic) bond motifs is 1. The van der Waals surface area contributed by atoms with Crippen molar-refractivity contribution < 1.29 is 9.53 Å². The number of piperazine rings is 1. The minimum atomic E-state index is -0.0324. The number of anilines is 1. The Hall–Kier alpha value is -3.16. The van der Waals surface area contributed by atoms with Crippen molar-refractivity contribution in [2.75, 3.05) is 31.1 Å². The third-order valence-corrected chi connectivity index (χ3v) is 4.88. The Labute approximate surface area is 157 Å². The molecule has 1 saturated heterocycles. The molecule has 3 aromatic rings. The summed E-state index contributed by atoms with van der Waals surface area (Å²) in [5, 5.41) is 11.9. The summed E-state index contributed by atoms with van der Waals surface area (Å²) in [6.07, 6.45) is 1.50. The van der Waals surface area contributed by atoms with E-state index in [1.165, 1.54) is 22.1 Å². The summed E-state index contributed by atoms with van der Waals surface area (Å²) < 4.78 is 7.10. The third-order valence-electron chi connectivity index (χ3n) is 4.88. The zero-order valence-corrected chi connectivity index (χ0v) is 15.4. The molecule has 1 aliphatic rings. The molecule has 140 valence electrons. The van der Waals surface area contributed by atoms with E-state index < -0.39 is 0 Å². The molecule has 0 radical (unpaired) electrons. The Morgan fingerprint density at radius 1 is 1.22 bits per heavy atom. The largest absolute Gasteiger partial charge is 0.467 e. The van der Waals surface area contributed by atoms with Gasteiger partial charge in [-0.3, -0.25) is 4.79 Å². The van der Waals surface area contributed by atoms with E-state index in [4.69, 9.17) is 4.74 Å². The molecule has 0 N–H and O–H groups in total. The van der Waals surface area contributed by atoms with E-state index in [1.54, 1.807) is 12.1 Å². The maximum atomic E-state index is 12.6. The predicted octanol–water partition coefficient (Wildman–Crippen LogP) is 1.55. The number of para-hydroxylation sites is 1. The molecular formula is C19H22N6O2.